The van der Waals surface area contributed by atoms with E-state index in [1.165, 1.54) is 0 Å². The van der Waals surface area contributed by atoms with E-state index in [0.29, 0.717) is 0 Å². The predicted octanol–water partition coefficient (Wildman–Crippen LogP) is 0.687. The standard InChI is InChI=1S/C4H10NS/c1-5-3-2-4-6/h3,5-6H,2,4H2,1H3. The summed E-state index contributed by atoms with van der Waals surface area (Å²) in [6.45, 7) is 1.98. The second-order valence-corrected chi connectivity index (χ2v) is 1.45. The second-order valence-electron chi connectivity index (χ2n) is 1.01. The van der Waals surface area contributed by atoms with Crippen molar-refractivity contribution in [2.75, 3.05) is 12.8 Å². The van der Waals surface area contributed by atoms with Crippen molar-refractivity contribution in [1.82, 2.24) is 5.32 Å². The molecule has 0 aliphatic carbocycles. The van der Waals surface area contributed by atoms with Crippen LogP contribution in [0.5, 0.6) is 0 Å². The number of hydrogen-bond donors (Lipinski definition) is 2. The molecular formula is C4H10NS. The maximum atomic E-state index is 3.98. The van der Waals surface area contributed by atoms with Crippen molar-refractivity contribution in [2.45, 2.75) is 6.42 Å². The van der Waals surface area contributed by atoms with Gasteiger partial charge in [0.2, 0.25) is 0 Å². The van der Waals surface area contributed by atoms with Crippen LogP contribution >= 0.6 is 12.6 Å². The molecule has 0 bridgehead atoms. The van der Waals surface area contributed by atoms with Crippen molar-refractivity contribution in [3.8, 4) is 0 Å². The topological polar surface area (TPSA) is 12.0 Å². The average Bonchev–Trinajstić information content (AvgIpc) is 1.61. The molecule has 0 spiro atoms. The molecule has 2 heteroatoms. The largest absolute Gasteiger partial charge is 0.315 e. The van der Waals surface area contributed by atoms with Crippen LogP contribution in [0.1, 0.15) is 6.42 Å². The fourth-order valence-corrected chi connectivity index (χ4v) is 0.338. The monoisotopic (exact) mass is 104 g/mol. The Bertz CT molecular complexity index is 19.5. The summed E-state index contributed by atoms with van der Waals surface area (Å²) in [5.74, 6) is 0.931. The van der Waals surface area contributed by atoms with Crippen LogP contribution in [-0.4, -0.2) is 12.8 Å². The Morgan fingerprint density at radius 1 is 1.83 bits per heavy atom. The van der Waals surface area contributed by atoms with Crippen LogP contribution < -0.4 is 5.32 Å². The van der Waals surface area contributed by atoms with Crippen LogP contribution in [-0.2, 0) is 0 Å². The van der Waals surface area contributed by atoms with Crippen LogP contribution in [0.3, 0.4) is 0 Å². The van der Waals surface area contributed by atoms with E-state index in [1.54, 1.807) is 0 Å². The van der Waals surface area contributed by atoms with Gasteiger partial charge in [-0.2, -0.15) is 12.6 Å². The smallest absolute Gasteiger partial charge is 0.0226 e. The summed E-state index contributed by atoms with van der Waals surface area (Å²) in [5.41, 5.74) is 0. The van der Waals surface area contributed by atoms with Crippen LogP contribution in [0.15, 0.2) is 0 Å². The molecule has 0 amide bonds. The zero-order chi connectivity index (χ0) is 4.83. The molecule has 37 valence electrons. The summed E-state index contributed by atoms with van der Waals surface area (Å²) >= 11 is 3.98. The summed E-state index contributed by atoms with van der Waals surface area (Å²) in [5, 5.41) is 2.89. The minimum atomic E-state index is 0.931. The first-order chi connectivity index (χ1) is 2.91. The molecule has 0 rings (SSSR count). The van der Waals surface area contributed by atoms with E-state index in [9.17, 15) is 0 Å². The molecule has 6 heavy (non-hydrogen) atoms. The van der Waals surface area contributed by atoms with Crippen molar-refractivity contribution in [1.29, 1.82) is 0 Å². The Morgan fingerprint density at radius 3 is 2.67 bits per heavy atom. The van der Waals surface area contributed by atoms with Crippen molar-refractivity contribution in [3.05, 3.63) is 6.54 Å². The summed E-state index contributed by atoms with van der Waals surface area (Å²) in [4.78, 5) is 0. The molecule has 0 aromatic carbocycles. The lowest BCUT2D eigenvalue weighted by atomic mass is 10.5. The molecule has 0 fully saturated rings. The van der Waals surface area contributed by atoms with Gasteiger partial charge in [0, 0.05) is 6.54 Å². The van der Waals surface area contributed by atoms with Gasteiger partial charge in [0.1, 0.15) is 0 Å². The fraction of sp³-hybridized carbons (Fsp3) is 0.750. The summed E-state index contributed by atoms with van der Waals surface area (Å²) in [6, 6.07) is 0. The SMILES string of the molecule is CN[CH]CCS. The summed E-state index contributed by atoms with van der Waals surface area (Å²) < 4.78 is 0. The molecule has 0 aliphatic rings. The Hall–Kier alpha value is 0.310. The maximum Gasteiger partial charge on any atom is 0.0226 e. The fourth-order valence-electron chi connectivity index (χ4n) is 0.209. The van der Waals surface area contributed by atoms with Gasteiger partial charge in [-0.3, -0.25) is 0 Å². The highest BCUT2D eigenvalue weighted by molar-refractivity contribution is 7.80. The first-order valence-corrected chi connectivity index (χ1v) is 2.65. The molecule has 1 radical (unpaired) electrons. The molecular weight excluding hydrogens is 94.1 g/mol. The minimum absolute atomic E-state index is 0.931. The van der Waals surface area contributed by atoms with Crippen molar-refractivity contribution >= 4 is 12.6 Å². The number of hydrogen-bond acceptors (Lipinski definition) is 2. The van der Waals surface area contributed by atoms with E-state index in [0.717, 1.165) is 12.2 Å². The molecule has 0 saturated carbocycles. The van der Waals surface area contributed by atoms with Crippen molar-refractivity contribution < 1.29 is 0 Å². The van der Waals surface area contributed by atoms with E-state index in [-0.39, 0.29) is 0 Å². The van der Waals surface area contributed by atoms with Gasteiger partial charge < -0.3 is 5.32 Å². The second kappa shape index (κ2) is 5.31. The van der Waals surface area contributed by atoms with E-state index < -0.39 is 0 Å². The van der Waals surface area contributed by atoms with E-state index >= 15 is 0 Å². The maximum absolute atomic E-state index is 3.98. The Morgan fingerprint density at radius 2 is 2.50 bits per heavy atom. The van der Waals surface area contributed by atoms with Crippen LogP contribution in [0.2, 0.25) is 0 Å². The van der Waals surface area contributed by atoms with Crippen LogP contribution in [0.25, 0.3) is 0 Å². The third-order valence-electron chi connectivity index (χ3n) is 0.478. The lowest BCUT2D eigenvalue weighted by Gasteiger charge is -1.88. The zero-order valence-corrected chi connectivity index (χ0v) is 4.83. The highest BCUT2D eigenvalue weighted by atomic mass is 32.1. The molecule has 0 saturated heterocycles. The highest BCUT2D eigenvalue weighted by Gasteiger charge is 1.74. The Balaban J connectivity index is 2.34. The average molecular weight is 104 g/mol. The van der Waals surface area contributed by atoms with Crippen LogP contribution in [0.4, 0.5) is 0 Å². The van der Waals surface area contributed by atoms with Gasteiger partial charge in [0.25, 0.3) is 0 Å². The molecule has 0 aromatic heterocycles. The van der Waals surface area contributed by atoms with E-state index in [2.05, 4.69) is 17.9 Å². The molecule has 1 N–H and O–H groups in total. The van der Waals surface area contributed by atoms with Gasteiger partial charge in [-0.15, -0.1) is 0 Å². The lowest BCUT2D eigenvalue weighted by molar-refractivity contribution is 0.900. The number of thiol groups is 1. The normalized spacial score (nSPS) is 9.00. The van der Waals surface area contributed by atoms with E-state index in [1.807, 2.05) is 13.6 Å². The van der Waals surface area contributed by atoms with Crippen LogP contribution in [0, 0.1) is 6.54 Å². The zero-order valence-electron chi connectivity index (χ0n) is 3.94. The third kappa shape index (κ3) is 4.31. The van der Waals surface area contributed by atoms with Crippen molar-refractivity contribution in [3.63, 3.8) is 0 Å². The first-order valence-electron chi connectivity index (χ1n) is 2.01. The van der Waals surface area contributed by atoms with Gasteiger partial charge in [0.05, 0.1) is 0 Å². The third-order valence-corrected chi connectivity index (χ3v) is 0.736. The molecule has 1 nitrogen and oxygen atoms in total. The summed E-state index contributed by atoms with van der Waals surface area (Å²) in [6.07, 6.45) is 1.04. The predicted molar refractivity (Wildman–Crippen MR) is 31.8 cm³/mol. The highest BCUT2D eigenvalue weighted by Crippen LogP contribution is 1.82. The number of rotatable bonds is 3. The first kappa shape index (κ1) is 6.31. The molecule has 0 unspecified atom stereocenters. The van der Waals surface area contributed by atoms with E-state index in [4.69, 9.17) is 0 Å². The number of nitrogens with one attached hydrogen (secondary N) is 1. The van der Waals surface area contributed by atoms with Crippen molar-refractivity contribution in [2.24, 2.45) is 0 Å². The Labute approximate surface area is 44.5 Å². The molecule has 0 aromatic rings. The molecule has 0 atom stereocenters. The lowest BCUT2D eigenvalue weighted by Crippen LogP contribution is -1.99. The molecule has 0 heterocycles. The van der Waals surface area contributed by atoms with Gasteiger partial charge in [-0.05, 0) is 19.2 Å². The van der Waals surface area contributed by atoms with Gasteiger partial charge in [0.15, 0.2) is 0 Å². The van der Waals surface area contributed by atoms with Gasteiger partial charge in [-0.1, -0.05) is 0 Å². The van der Waals surface area contributed by atoms with Gasteiger partial charge in [-0.25, -0.2) is 0 Å². The van der Waals surface area contributed by atoms with Gasteiger partial charge >= 0.3 is 0 Å². The quantitative estimate of drug-likeness (QED) is 0.396. The Kier molecular flexibility index (Phi) is 5.58. The minimum Gasteiger partial charge on any atom is -0.315 e. The summed E-state index contributed by atoms with van der Waals surface area (Å²) in [7, 11) is 1.89. The molecule has 0 aliphatic heterocycles.